The van der Waals surface area contributed by atoms with Crippen LogP contribution >= 0.6 is 23.2 Å². The number of sulfonamides is 1. The molecule has 1 amide bonds. The lowest BCUT2D eigenvalue weighted by atomic mass is 10.0. The fourth-order valence-electron chi connectivity index (χ4n) is 3.57. The lowest BCUT2D eigenvalue weighted by Gasteiger charge is -2.28. The molecule has 2 aromatic rings. The first-order chi connectivity index (χ1) is 14.7. The maximum absolute atomic E-state index is 13.3. The van der Waals surface area contributed by atoms with E-state index in [4.69, 9.17) is 27.9 Å². The van der Waals surface area contributed by atoms with Gasteiger partial charge in [-0.15, -0.1) is 0 Å². The molecule has 0 radical (unpaired) electrons. The summed E-state index contributed by atoms with van der Waals surface area (Å²) in [6.07, 6.45) is 0.542. The van der Waals surface area contributed by atoms with Gasteiger partial charge in [0, 0.05) is 35.7 Å². The molecule has 0 saturated carbocycles. The molecule has 1 unspecified atom stereocenters. The molecule has 0 spiro atoms. The number of ether oxygens (including phenoxy) is 1. The molecule has 9 heteroatoms. The summed E-state index contributed by atoms with van der Waals surface area (Å²) in [5.41, 5.74) is 1.75. The number of hydrogen-bond acceptors (Lipinski definition) is 4. The Morgan fingerprint density at radius 3 is 2.45 bits per heavy atom. The molecule has 3 rings (SSSR count). The van der Waals surface area contributed by atoms with Crippen LogP contribution in [-0.2, 0) is 21.2 Å². The molecule has 0 bridgehead atoms. The van der Waals surface area contributed by atoms with Gasteiger partial charge in [-0.05, 0) is 48.7 Å². The Labute approximate surface area is 193 Å². The van der Waals surface area contributed by atoms with Crippen molar-refractivity contribution in [2.75, 3.05) is 33.4 Å². The smallest absolute Gasteiger partial charge is 0.254 e. The van der Waals surface area contributed by atoms with E-state index in [-0.39, 0.29) is 16.8 Å². The quantitative estimate of drug-likeness (QED) is 0.608. The highest BCUT2D eigenvalue weighted by Crippen LogP contribution is 2.30. The summed E-state index contributed by atoms with van der Waals surface area (Å²) >= 11 is 12.3. The molecular formula is C22H26Cl2N2O4S. The highest BCUT2D eigenvalue weighted by atomic mass is 35.5. The first-order valence-electron chi connectivity index (χ1n) is 10.1. The summed E-state index contributed by atoms with van der Waals surface area (Å²) in [6, 6.07) is 9.69. The average Bonchev–Trinajstić information content (AvgIpc) is 2.77. The van der Waals surface area contributed by atoms with Crippen LogP contribution in [0.4, 0.5) is 0 Å². The maximum atomic E-state index is 13.3. The molecule has 168 valence electrons. The van der Waals surface area contributed by atoms with Crippen molar-refractivity contribution in [1.82, 2.24) is 9.21 Å². The van der Waals surface area contributed by atoms with Gasteiger partial charge >= 0.3 is 0 Å². The predicted octanol–water partition coefficient (Wildman–Crippen LogP) is 4.41. The molecule has 1 saturated heterocycles. The zero-order chi connectivity index (χ0) is 22.8. The van der Waals surface area contributed by atoms with E-state index in [1.165, 1.54) is 10.4 Å². The summed E-state index contributed by atoms with van der Waals surface area (Å²) in [6.45, 7) is 5.08. The van der Waals surface area contributed by atoms with Gasteiger partial charge in [0.1, 0.15) is 0 Å². The number of amides is 1. The number of nitrogens with zero attached hydrogens (tertiary/aromatic N) is 2. The Morgan fingerprint density at radius 1 is 1.16 bits per heavy atom. The highest BCUT2D eigenvalue weighted by Gasteiger charge is 2.30. The lowest BCUT2D eigenvalue weighted by Crippen LogP contribution is -2.41. The first kappa shape index (κ1) is 24.0. The van der Waals surface area contributed by atoms with Gasteiger partial charge in [-0.3, -0.25) is 4.79 Å². The number of hydrogen-bond donors (Lipinski definition) is 0. The summed E-state index contributed by atoms with van der Waals surface area (Å²) in [7, 11) is -2.06. The van der Waals surface area contributed by atoms with Gasteiger partial charge in [0.05, 0.1) is 24.2 Å². The SMILES string of the molecule is CCc1ccc(C(=O)N(C)C(C)c2ccc(Cl)cc2Cl)cc1S(=O)(=O)N1CCOCC1. The molecule has 0 aromatic heterocycles. The van der Waals surface area contributed by atoms with Gasteiger partial charge in [0.2, 0.25) is 10.0 Å². The minimum Gasteiger partial charge on any atom is -0.379 e. The minimum absolute atomic E-state index is 0.174. The molecule has 1 heterocycles. The van der Waals surface area contributed by atoms with Crippen molar-refractivity contribution >= 4 is 39.1 Å². The van der Waals surface area contributed by atoms with Gasteiger partial charge in [-0.25, -0.2) is 8.42 Å². The Hall–Kier alpha value is -1.64. The Morgan fingerprint density at radius 2 is 1.84 bits per heavy atom. The van der Waals surface area contributed by atoms with E-state index in [1.54, 1.807) is 42.3 Å². The number of carbonyl (C=O) groups excluding carboxylic acids is 1. The Kier molecular flexibility index (Phi) is 7.65. The minimum atomic E-state index is -3.72. The highest BCUT2D eigenvalue weighted by molar-refractivity contribution is 7.89. The van der Waals surface area contributed by atoms with Gasteiger partial charge in [0.15, 0.2) is 0 Å². The fourth-order valence-corrected chi connectivity index (χ4v) is 5.87. The Bertz CT molecular complexity index is 1070. The predicted molar refractivity (Wildman–Crippen MR) is 122 cm³/mol. The van der Waals surface area contributed by atoms with Gasteiger partial charge < -0.3 is 9.64 Å². The van der Waals surface area contributed by atoms with Gasteiger partial charge in [-0.2, -0.15) is 4.31 Å². The van der Waals surface area contributed by atoms with Crippen LogP contribution in [0.2, 0.25) is 10.0 Å². The summed E-state index contributed by atoms with van der Waals surface area (Å²) in [5.74, 6) is -0.292. The molecule has 0 aliphatic carbocycles. The van der Waals surface area contributed by atoms with E-state index >= 15 is 0 Å². The largest absolute Gasteiger partial charge is 0.379 e. The molecule has 1 aliphatic rings. The summed E-state index contributed by atoms with van der Waals surface area (Å²) < 4.78 is 33.2. The molecule has 6 nitrogen and oxygen atoms in total. The molecule has 1 aliphatic heterocycles. The average molecular weight is 485 g/mol. The van der Waals surface area contributed by atoms with Crippen LogP contribution in [0, 0.1) is 0 Å². The van der Waals surface area contributed by atoms with Crippen LogP contribution in [-0.4, -0.2) is 56.9 Å². The third-order valence-electron chi connectivity index (χ3n) is 5.60. The number of aryl methyl sites for hydroxylation is 1. The second-order valence-corrected chi connectivity index (χ2v) is 10.2. The number of halogens is 2. The van der Waals surface area contributed by atoms with E-state index in [0.717, 1.165) is 5.56 Å². The second kappa shape index (κ2) is 9.88. The van der Waals surface area contributed by atoms with Gasteiger partial charge in [0.25, 0.3) is 5.91 Å². The van der Waals surface area contributed by atoms with E-state index in [9.17, 15) is 13.2 Å². The van der Waals surface area contributed by atoms with Crippen molar-refractivity contribution in [3.63, 3.8) is 0 Å². The molecule has 2 aromatic carbocycles. The molecule has 31 heavy (non-hydrogen) atoms. The van der Waals surface area contributed by atoms with E-state index < -0.39 is 10.0 Å². The van der Waals surface area contributed by atoms with Crippen LogP contribution in [0.3, 0.4) is 0 Å². The van der Waals surface area contributed by atoms with Crippen molar-refractivity contribution < 1.29 is 17.9 Å². The summed E-state index contributed by atoms with van der Waals surface area (Å²) in [4.78, 5) is 14.9. The van der Waals surface area contributed by atoms with Crippen LogP contribution in [0.5, 0.6) is 0 Å². The van der Waals surface area contributed by atoms with Crippen LogP contribution in [0.25, 0.3) is 0 Å². The number of carbonyl (C=O) groups is 1. The van der Waals surface area contributed by atoms with Crippen molar-refractivity contribution in [2.45, 2.75) is 31.2 Å². The molecule has 1 atom stereocenters. The van der Waals surface area contributed by atoms with Crippen molar-refractivity contribution in [3.8, 4) is 0 Å². The normalized spacial score (nSPS) is 16.2. The lowest BCUT2D eigenvalue weighted by molar-refractivity contribution is 0.0728. The monoisotopic (exact) mass is 484 g/mol. The zero-order valence-electron chi connectivity index (χ0n) is 17.8. The fraction of sp³-hybridized carbons (Fsp3) is 0.409. The third kappa shape index (κ3) is 5.07. The zero-order valence-corrected chi connectivity index (χ0v) is 20.1. The van der Waals surface area contributed by atoms with Gasteiger partial charge in [-0.1, -0.05) is 42.3 Å². The van der Waals surface area contributed by atoms with E-state index in [1.807, 2.05) is 13.8 Å². The van der Waals surface area contributed by atoms with Crippen LogP contribution < -0.4 is 0 Å². The number of rotatable bonds is 6. The molecule has 1 fully saturated rings. The third-order valence-corrected chi connectivity index (χ3v) is 8.14. The molecular weight excluding hydrogens is 459 g/mol. The standard InChI is InChI=1S/C22H26Cl2N2O4S/c1-4-16-5-6-17(13-21(16)31(28,29)26-9-11-30-12-10-26)22(27)25(3)15(2)19-8-7-18(23)14-20(19)24/h5-8,13-15H,4,9-12H2,1-3H3. The second-order valence-electron chi connectivity index (χ2n) is 7.45. The number of benzene rings is 2. The summed E-state index contributed by atoms with van der Waals surface area (Å²) in [5, 5.41) is 0.986. The van der Waals surface area contributed by atoms with E-state index in [0.29, 0.717) is 53.9 Å². The van der Waals surface area contributed by atoms with Crippen molar-refractivity contribution in [1.29, 1.82) is 0 Å². The van der Waals surface area contributed by atoms with Crippen molar-refractivity contribution in [2.24, 2.45) is 0 Å². The molecule has 0 N–H and O–H groups in total. The maximum Gasteiger partial charge on any atom is 0.254 e. The topological polar surface area (TPSA) is 66.9 Å². The van der Waals surface area contributed by atoms with E-state index in [2.05, 4.69) is 0 Å². The Balaban J connectivity index is 1.93. The first-order valence-corrected chi connectivity index (χ1v) is 12.3. The van der Waals surface area contributed by atoms with Crippen molar-refractivity contribution in [3.05, 3.63) is 63.1 Å². The van der Waals surface area contributed by atoms with Crippen LogP contribution in [0.1, 0.15) is 41.4 Å². The number of morpholine rings is 1. The van der Waals surface area contributed by atoms with Crippen LogP contribution in [0.15, 0.2) is 41.3 Å².